The summed E-state index contributed by atoms with van der Waals surface area (Å²) in [7, 11) is 0. The lowest BCUT2D eigenvalue weighted by Crippen LogP contribution is -2.24. The molecule has 1 atom stereocenters. The highest BCUT2D eigenvalue weighted by molar-refractivity contribution is 5.49. The Morgan fingerprint density at radius 2 is 2.25 bits per heavy atom. The number of hydrogen-bond acceptors (Lipinski definition) is 4. The maximum atomic E-state index is 10.7. The zero-order valence-corrected chi connectivity index (χ0v) is 11.2. The van der Waals surface area contributed by atoms with E-state index in [-0.39, 0.29) is 5.69 Å². The van der Waals surface area contributed by atoms with Crippen LogP contribution in [0.15, 0.2) is 36.5 Å². The summed E-state index contributed by atoms with van der Waals surface area (Å²) in [5, 5.41) is 14.0. The minimum Gasteiger partial charge on any atom is -0.369 e. The number of aryl methyl sites for hydroxylation is 1. The Bertz CT molecular complexity index is 670. The van der Waals surface area contributed by atoms with Crippen molar-refractivity contribution < 1.29 is 4.92 Å². The van der Waals surface area contributed by atoms with Gasteiger partial charge in [0.2, 0.25) is 0 Å². The van der Waals surface area contributed by atoms with Gasteiger partial charge in [0.15, 0.2) is 0 Å². The molecule has 5 heteroatoms. The van der Waals surface area contributed by atoms with Crippen LogP contribution in [0.3, 0.4) is 0 Å². The number of aromatic nitrogens is 1. The summed E-state index contributed by atoms with van der Waals surface area (Å²) in [6, 6.07) is 9.97. The summed E-state index contributed by atoms with van der Waals surface area (Å²) < 4.78 is 0. The fourth-order valence-corrected chi connectivity index (χ4v) is 2.61. The highest BCUT2D eigenvalue weighted by Crippen LogP contribution is 2.34. The molecule has 1 N–H and O–H groups in total. The Hall–Kier alpha value is -2.43. The molecule has 1 heterocycles. The molecule has 0 radical (unpaired) electrons. The Kier molecular flexibility index (Phi) is 3.10. The number of pyridine rings is 1. The van der Waals surface area contributed by atoms with Crippen molar-refractivity contribution in [3.8, 4) is 0 Å². The summed E-state index contributed by atoms with van der Waals surface area (Å²) >= 11 is 0. The molecule has 1 unspecified atom stereocenters. The highest BCUT2D eigenvalue weighted by Gasteiger charge is 2.25. The van der Waals surface area contributed by atoms with Crippen LogP contribution in [0, 0.1) is 17.0 Å². The van der Waals surface area contributed by atoms with E-state index < -0.39 is 4.92 Å². The van der Waals surface area contributed by atoms with Crippen LogP contribution in [-0.4, -0.2) is 16.5 Å². The molecule has 1 aliphatic rings. The fraction of sp³-hybridized carbons (Fsp3) is 0.267. The number of nitrogens with one attached hydrogen (secondary N) is 1. The third-order valence-electron chi connectivity index (χ3n) is 3.75. The van der Waals surface area contributed by atoms with Crippen LogP contribution in [0.25, 0.3) is 0 Å². The van der Waals surface area contributed by atoms with Gasteiger partial charge in [-0.25, -0.2) is 4.98 Å². The van der Waals surface area contributed by atoms with Crippen molar-refractivity contribution in [2.45, 2.75) is 19.3 Å². The van der Waals surface area contributed by atoms with Crippen molar-refractivity contribution >= 4 is 11.5 Å². The van der Waals surface area contributed by atoms with Gasteiger partial charge in [-0.05, 0) is 30.0 Å². The Balaban J connectivity index is 1.67. The van der Waals surface area contributed by atoms with Crippen molar-refractivity contribution in [1.82, 2.24) is 4.98 Å². The van der Waals surface area contributed by atoms with Gasteiger partial charge >= 0.3 is 0 Å². The molecule has 0 spiro atoms. The predicted octanol–water partition coefficient (Wildman–Crippen LogP) is 3.05. The maximum absolute atomic E-state index is 10.7. The van der Waals surface area contributed by atoms with Gasteiger partial charge < -0.3 is 5.32 Å². The molecule has 0 saturated heterocycles. The Labute approximate surface area is 116 Å². The molecule has 3 rings (SSSR count). The first-order valence-corrected chi connectivity index (χ1v) is 6.58. The van der Waals surface area contributed by atoms with E-state index in [0.29, 0.717) is 5.92 Å². The zero-order chi connectivity index (χ0) is 14.1. The summed E-state index contributed by atoms with van der Waals surface area (Å²) in [5.74, 6) is 1.22. The average molecular weight is 269 g/mol. The topological polar surface area (TPSA) is 68.1 Å². The minimum atomic E-state index is -0.425. The molecule has 0 bridgehead atoms. The molecule has 5 nitrogen and oxygen atoms in total. The summed E-state index contributed by atoms with van der Waals surface area (Å²) in [6.07, 6.45) is 2.37. The third-order valence-corrected chi connectivity index (χ3v) is 3.75. The largest absolute Gasteiger partial charge is 0.369 e. The molecule has 0 saturated carbocycles. The second kappa shape index (κ2) is 4.92. The zero-order valence-electron chi connectivity index (χ0n) is 11.2. The van der Waals surface area contributed by atoms with E-state index in [1.54, 1.807) is 6.07 Å². The lowest BCUT2D eigenvalue weighted by atomic mass is 9.77. The van der Waals surface area contributed by atoms with E-state index in [2.05, 4.69) is 34.6 Å². The summed E-state index contributed by atoms with van der Waals surface area (Å²) in [6.45, 7) is 2.64. The van der Waals surface area contributed by atoms with E-state index in [9.17, 15) is 10.1 Å². The molecule has 102 valence electrons. The van der Waals surface area contributed by atoms with Gasteiger partial charge in [-0.3, -0.25) is 10.1 Å². The smallest absolute Gasteiger partial charge is 0.287 e. The van der Waals surface area contributed by atoms with Gasteiger partial charge in [0.1, 0.15) is 12.0 Å². The normalized spacial score (nSPS) is 16.1. The van der Waals surface area contributed by atoms with Gasteiger partial charge in [-0.2, -0.15) is 0 Å². The number of nitro groups is 1. The molecular formula is C15H15N3O2. The van der Waals surface area contributed by atoms with Crippen molar-refractivity contribution in [2.24, 2.45) is 0 Å². The van der Waals surface area contributed by atoms with E-state index in [1.165, 1.54) is 17.3 Å². The summed E-state index contributed by atoms with van der Waals surface area (Å²) in [4.78, 5) is 14.4. The van der Waals surface area contributed by atoms with E-state index in [0.717, 1.165) is 24.3 Å². The number of fused-ring (bicyclic) bond motifs is 1. The standard InChI is InChI=1S/C15H15N3O2/c1-10-6-13(18(19)20)9-17-15(10)16-8-12-7-11-4-2-3-5-14(11)12/h2-6,9,12H,7-8H2,1H3,(H,16,17). The molecule has 0 fully saturated rings. The van der Waals surface area contributed by atoms with Crippen LogP contribution in [0.1, 0.15) is 22.6 Å². The third kappa shape index (κ3) is 2.22. The molecule has 1 aliphatic carbocycles. The lowest BCUT2D eigenvalue weighted by Gasteiger charge is -2.30. The molecule has 1 aromatic carbocycles. The van der Waals surface area contributed by atoms with E-state index in [1.807, 2.05) is 6.92 Å². The minimum absolute atomic E-state index is 0.0297. The van der Waals surface area contributed by atoms with Gasteiger partial charge in [0.05, 0.1) is 4.92 Å². The van der Waals surface area contributed by atoms with Crippen molar-refractivity contribution in [3.05, 3.63) is 63.3 Å². The molecule has 0 aliphatic heterocycles. The first kappa shape index (κ1) is 12.6. The first-order valence-electron chi connectivity index (χ1n) is 6.58. The molecule has 0 amide bonds. The molecule has 2 aromatic rings. The quantitative estimate of drug-likeness (QED) is 0.684. The van der Waals surface area contributed by atoms with Crippen molar-refractivity contribution in [2.75, 3.05) is 11.9 Å². The van der Waals surface area contributed by atoms with Crippen LogP contribution in [0.2, 0.25) is 0 Å². The first-order chi connectivity index (χ1) is 9.65. The number of benzene rings is 1. The number of nitrogens with zero attached hydrogens (tertiary/aromatic N) is 2. The maximum Gasteiger partial charge on any atom is 0.287 e. The highest BCUT2D eigenvalue weighted by atomic mass is 16.6. The van der Waals surface area contributed by atoms with Crippen LogP contribution in [0.5, 0.6) is 0 Å². The van der Waals surface area contributed by atoms with Crippen LogP contribution >= 0.6 is 0 Å². The van der Waals surface area contributed by atoms with Gasteiger partial charge in [-0.15, -0.1) is 0 Å². The fourth-order valence-electron chi connectivity index (χ4n) is 2.61. The van der Waals surface area contributed by atoms with E-state index >= 15 is 0 Å². The second-order valence-electron chi connectivity index (χ2n) is 5.10. The van der Waals surface area contributed by atoms with E-state index in [4.69, 9.17) is 0 Å². The SMILES string of the molecule is Cc1cc([N+](=O)[O-])cnc1NCC1Cc2ccccc21. The van der Waals surface area contributed by atoms with Crippen LogP contribution < -0.4 is 5.32 Å². The summed E-state index contributed by atoms with van der Waals surface area (Å²) in [5.41, 5.74) is 3.63. The van der Waals surface area contributed by atoms with Gasteiger partial charge in [0.25, 0.3) is 5.69 Å². The lowest BCUT2D eigenvalue weighted by molar-refractivity contribution is -0.385. The van der Waals surface area contributed by atoms with Crippen LogP contribution in [0.4, 0.5) is 11.5 Å². The Morgan fingerprint density at radius 1 is 1.45 bits per heavy atom. The Morgan fingerprint density at radius 3 is 2.95 bits per heavy atom. The van der Waals surface area contributed by atoms with Gasteiger partial charge in [0, 0.05) is 18.5 Å². The van der Waals surface area contributed by atoms with Crippen molar-refractivity contribution in [3.63, 3.8) is 0 Å². The second-order valence-corrected chi connectivity index (χ2v) is 5.10. The number of hydrogen-bond donors (Lipinski definition) is 1. The number of anilines is 1. The molecule has 20 heavy (non-hydrogen) atoms. The average Bonchev–Trinajstić information content (AvgIpc) is 2.41. The van der Waals surface area contributed by atoms with Crippen LogP contribution in [-0.2, 0) is 6.42 Å². The predicted molar refractivity (Wildman–Crippen MR) is 77.0 cm³/mol. The van der Waals surface area contributed by atoms with Crippen molar-refractivity contribution in [1.29, 1.82) is 0 Å². The monoisotopic (exact) mass is 269 g/mol. The van der Waals surface area contributed by atoms with Gasteiger partial charge in [-0.1, -0.05) is 24.3 Å². The number of rotatable bonds is 4. The molecule has 1 aromatic heterocycles. The molecular weight excluding hydrogens is 254 g/mol.